The first kappa shape index (κ1) is 11.0. The van der Waals surface area contributed by atoms with Gasteiger partial charge in [0.05, 0.1) is 0 Å². The molecule has 0 unspecified atom stereocenters. The SMILES string of the molecule is CN(C(=O)CCc1cccc(N)c1)C1CC1. The lowest BCUT2D eigenvalue weighted by Crippen LogP contribution is -2.28. The predicted molar refractivity (Wildman–Crippen MR) is 65.0 cm³/mol. The van der Waals surface area contributed by atoms with Crippen LogP contribution in [0, 0.1) is 0 Å². The van der Waals surface area contributed by atoms with Gasteiger partial charge in [0.1, 0.15) is 0 Å². The van der Waals surface area contributed by atoms with Gasteiger partial charge in [0, 0.05) is 25.2 Å². The molecule has 0 saturated heterocycles. The zero-order valence-electron chi connectivity index (χ0n) is 9.65. The van der Waals surface area contributed by atoms with Crippen LogP contribution in [0.5, 0.6) is 0 Å². The molecular formula is C13H18N2O. The third-order valence-electron chi connectivity index (χ3n) is 3.07. The first-order valence-electron chi connectivity index (χ1n) is 5.77. The number of anilines is 1. The van der Waals surface area contributed by atoms with Crippen molar-refractivity contribution in [2.24, 2.45) is 0 Å². The van der Waals surface area contributed by atoms with E-state index in [1.165, 1.54) is 12.8 Å². The Hall–Kier alpha value is -1.51. The maximum absolute atomic E-state index is 11.8. The van der Waals surface area contributed by atoms with Crippen LogP contribution >= 0.6 is 0 Å². The molecule has 1 aliphatic carbocycles. The van der Waals surface area contributed by atoms with E-state index < -0.39 is 0 Å². The summed E-state index contributed by atoms with van der Waals surface area (Å²) >= 11 is 0. The molecule has 0 aliphatic heterocycles. The second-order valence-corrected chi connectivity index (χ2v) is 4.48. The fourth-order valence-corrected chi connectivity index (χ4v) is 1.84. The minimum absolute atomic E-state index is 0.241. The first-order valence-corrected chi connectivity index (χ1v) is 5.77. The minimum atomic E-state index is 0.241. The molecule has 0 atom stereocenters. The highest BCUT2D eigenvalue weighted by Crippen LogP contribution is 2.26. The number of hydrogen-bond donors (Lipinski definition) is 1. The number of carbonyl (C=O) groups is 1. The summed E-state index contributed by atoms with van der Waals surface area (Å²) in [5, 5.41) is 0. The Bertz CT molecular complexity index is 385. The Balaban J connectivity index is 1.84. The number of aryl methyl sites for hydroxylation is 1. The standard InChI is InChI=1S/C13H18N2O/c1-15(12-6-7-12)13(16)8-5-10-3-2-4-11(14)9-10/h2-4,9,12H,5-8,14H2,1H3. The molecule has 0 bridgehead atoms. The molecule has 86 valence electrons. The number of benzene rings is 1. The van der Waals surface area contributed by atoms with Crippen molar-refractivity contribution in [1.29, 1.82) is 0 Å². The van der Waals surface area contributed by atoms with Crippen molar-refractivity contribution in [3.63, 3.8) is 0 Å². The molecule has 1 aromatic carbocycles. The Morgan fingerprint density at radius 1 is 1.50 bits per heavy atom. The maximum Gasteiger partial charge on any atom is 0.222 e. The number of nitrogens with zero attached hydrogens (tertiary/aromatic N) is 1. The summed E-state index contributed by atoms with van der Waals surface area (Å²) in [4.78, 5) is 13.7. The number of nitrogens with two attached hydrogens (primary N) is 1. The summed E-state index contributed by atoms with van der Waals surface area (Å²) in [7, 11) is 1.90. The summed E-state index contributed by atoms with van der Waals surface area (Å²) < 4.78 is 0. The highest BCUT2D eigenvalue weighted by Gasteiger charge is 2.28. The fraction of sp³-hybridized carbons (Fsp3) is 0.462. The van der Waals surface area contributed by atoms with Gasteiger partial charge >= 0.3 is 0 Å². The highest BCUT2D eigenvalue weighted by molar-refractivity contribution is 5.76. The van der Waals surface area contributed by atoms with Gasteiger partial charge in [-0.2, -0.15) is 0 Å². The van der Waals surface area contributed by atoms with E-state index in [1.54, 1.807) is 0 Å². The van der Waals surface area contributed by atoms with Crippen LogP contribution in [-0.4, -0.2) is 23.9 Å². The molecule has 3 nitrogen and oxygen atoms in total. The lowest BCUT2D eigenvalue weighted by atomic mass is 10.1. The van der Waals surface area contributed by atoms with E-state index in [-0.39, 0.29) is 5.91 Å². The van der Waals surface area contributed by atoms with Crippen LogP contribution < -0.4 is 5.73 Å². The van der Waals surface area contributed by atoms with Gasteiger partial charge in [-0.15, -0.1) is 0 Å². The average molecular weight is 218 g/mol. The zero-order valence-corrected chi connectivity index (χ0v) is 9.65. The van der Waals surface area contributed by atoms with Gasteiger partial charge < -0.3 is 10.6 Å². The number of nitrogen functional groups attached to an aromatic ring is 1. The Morgan fingerprint density at radius 3 is 2.88 bits per heavy atom. The van der Waals surface area contributed by atoms with Gasteiger partial charge in [0.25, 0.3) is 0 Å². The van der Waals surface area contributed by atoms with Gasteiger partial charge in [-0.25, -0.2) is 0 Å². The summed E-state index contributed by atoms with van der Waals surface area (Å²) in [6, 6.07) is 8.25. The van der Waals surface area contributed by atoms with Crippen LogP contribution in [0.4, 0.5) is 5.69 Å². The van der Waals surface area contributed by atoms with Crippen molar-refractivity contribution < 1.29 is 4.79 Å². The number of hydrogen-bond acceptors (Lipinski definition) is 2. The second-order valence-electron chi connectivity index (χ2n) is 4.48. The van der Waals surface area contributed by atoms with Gasteiger partial charge in [0.2, 0.25) is 5.91 Å². The molecule has 0 radical (unpaired) electrons. The molecule has 2 N–H and O–H groups in total. The molecule has 0 aromatic heterocycles. The number of amides is 1. The van der Waals surface area contributed by atoms with E-state index in [4.69, 9.17) is 5.73 Å². The van der Waals surface area contributed by atoms with Crippen molar-refractivity contribution in [3.05, 3.63) is 29.8 Å². The predicted octanol–water partition coefficient (Wildman–Crippen LogP) is 1.82. The lowest BCUT2D eigenvalue weighted by molar-refractivity contribution is -0.130. The van der Waals surface area contributed by atoms with E-state index in [0.29, 0.717) is 12.5 Å². The summed E-state index contributed by atoms with van der Waals surface area (Å²) in [6.45, 7) is 0. The molecule has 3 heteroatoms. The smallest absolute Gasteiger partial charge is 0.222 e. The van der Waals surface area contributed by atoms with Crippen molar-refractivity contribution in [2.45, 2.75) is 31.7 Å². The Morgan fingerprint density at radius 2 is 2.25 bits per heavy atom. The number of carbonyl (C=O) groups excluding carboxylic acids is 1. The van der Waals surface area contributed by atoms with Crippen molar-refractivity contribution in [1.82, 2.24) is 4.90 Å². The normalized spacial score (nSPS) is 14.8. The van der Waals surface area contributed by atoms with Crippen molar-refractivity contribution in [3.8, 4) is 0 Å². The van der Waals surface area contributed by atoms with Crippen molar-refractivity contribution in [2.75, 3.05) is 12.8 Å². The van der Waals surface area contributed by atoms with E-state index in [2.05, 4.69) is 0 Å². The van der Waals surface area contributed by atoms with Crippen LogP contribution in [0.25, 0.3) is 0 Å². The molecule has 1 aliphatic rings. The Labute approximate surface area is 96.2 Å². The quantitative estimate of drug-likeness (QED) is 0.784. The van der Waals surface area contributed by atoms with Crippen LogP contribution in [0.3, 0.4) is 0 Å². The number of rotatable bonds is 4. The van der Waals surface area contributed by atoms with Crippen LogP contribution in [0.15, 0.2) is 24.3 Å². The van der Waals surface area contributed by atoms with Crippen LogP contribution in [0.1, 0.15) is 24.8 Å². The van der Waals surface area contributed by atoms with Crippen LogP contribution in [0.2, 0.25) is 0 Å². The molecule has 1 amide bonds. The van der Waals surface area contributed by atoms with E-state index in [9.17, 15) is 4.79 Å². The zero-order chi connectivity index (χ0) is 11.5. The third kappa shape index (κ3) is 2.75. The average Bonchev–Trinajstić information content (AvgIpc) is 3.09. The molecule has 2 rings (SSSR count). The molecule has 0 heterocycles. The van der Waals surface area contributed by atoms with Gasteiger partial charge in [-0.05, 0) is 37.0 Å². The summed E-state index contributed by atoms with van der Waals surface area (Å²) in [6.07, 6.45) is 3.69. The van der Waals surface area contributed by atoms with E-state index in [0.717, 1.165) is 17.7 Å². The molecule has 1 fully saturated rings. The topological polar surface area (TPSA) is 46.3 Å². The van der Waals surface area contributed by atoms with Crippen molar-refractivity contribution >= 4 is 11.6 Å². The van der Waals surface area contributed by atoms with Gasteiger partial charge in [-0.3, -0.25) is 4.79 Å². The molecule has 16 heavy (non-hydrogen) atoms. The monoisotopic (exact) mass is 218 g/mol. The minimum Gasteiger partial charge on any atom is -0.399 e. The second kappa shape index (κ2) is 4.56. The summed E-state index contributed by atoms with van der Waals surface area (Å²) in [5.41, 5.74) is 7.59. The van der Waals surface area contributed by atoms with E-state index in [1.807, 2.05) is 36.2 Å². The third-order valence-corrected chi connectivity index (χ3v) is 3.07. The van der Waals surface area contributed by atoms with Crippen LogP contribution in [-0.2, 0) is 11.2 Å². The van der Waals surface area contributed by atoms with Gasteiger partial charge in [0.15, 0.2) is 0 Å². The largest absolute Gasteiger partial charge is 0.399 e. The van der Waals surface area contributed by atoms with Gasteiger partial charge in [-0.1, -0.05) is 12.1 Å². The first-order chi connectivity index (χ1) is 7.66. The molecular weight excluding hydrogens is 200 g/mol. The molecule has 0 spiro atoms. The summed E-state index contributed by atoms with van der Waals surface area (Å²) in [5.74, 6) is 0.241. The Kier molecular flexibility index (Phi) is 3.13. The molecule has 1 saturated carbocycles. The molecule has 1 aromatic rings. The fourth-order valence-electron chi connectivity index (χ4n) is 1.84. The maximum atomic E-state index is 11.8. The highest BCUT2D eigenvalue weighted by atomic mass is 16.2. The lowest BCUT2D eigenvalue weighted by Gasteiger charge is -2.15. The van der Waals surface area contributed by atoms with E-state index >= 15 is 0 Å².